The molecular formula is C24H42O8. The van der Waals surface area contributed by atoms with Crippen LogP contribution in [-0.4, -0.2) is 99.6 Å². The van der Waals surface area contributed by atoms with Crippen molar-refractivity contribution >= 4 is 0 Å². The van der Waals surface area contributed by atoms with Crippen LogP contribution in [-0.2, 0) is 33.2 Å². The van der Waals surface area contributed by atoms with E-state index in [0.717, 1.165) is 11.3 Å². The zero-order valence-corrected chi connectivity index (χ0v) is 20.3. The minimum absolute atomic E-state index is 0.527. The molecule has 0 fully saturated rings. The van der Waals surface area contributed by atoms with Crippen molar-refractivity contribution in [2.75, 3.05) is 99.6 Å². The SMILES string of the molecule is COCCOCCOCCOCCOCCOCCOCCOc1cc(C)c(C)cc1C. The Bertz CT molecular complexity index is 567. The summed E-state index contributed by atoms with van der Waals surface area (Å²) >= 11 is 0. The molecule has 8 nitrogen and oxygen atoms in total. The molecule has 32 heavy (non-hydrogen) atoms. The van der Waals surface area contributed by atoms with Crippen LogP contribution in [0.15, 0.2) is 12.1 Å². The van der Waals surface area contributed by atoms with Crippen LogP contribution in [0.25, 0.3) is 0 Å². The molecule has 0 bridgehead atoms. The fourth-order valence-electron chi connectivity index (χ4n) is 2.64. The Morgan fingerprint density at radius 3 is 1.19 bits per heavy atom. The summed E-state index contributed by atoms with van der Waals surface area (Å²) in [6.45, 7) is 14.0. The van der Waals surface area contributed by atoms with E-state index >= 15 is 0 Å². The van der Waals surface area contributed by atoms with Gasteiger partial charge in [-0.2, -0.15) is 0 Å². The Labute approximate surface area is 193 Å². The molecule has 0 aliphatic carbocycles. The predicted octanol–water partition coefficient (Wildman–Crippen LogP) is 2.74. The zero-order valence-electron chi connectivity index (χ0n) is 20.3. The van der Waals surface area contributed by atoms with Crippen LogP contribution in [0, 0.1) is 20.8 Å². The van der Waals surface area contributed by atoms with Gasteiger partial charge < -0.3 is 37.9 Å². The molecule has 0 saturated carbocycles. The van der Waals surface area contributed by atoms with Gasteiger partial charge in [0.15, 0.2) is 0 Å². The summed E-state index contributed by atoms with van der Waals surface area (Å²) in [6, 6.07) is 4.22. The van der Waals surface area contributed by atoms with Gasteiger partial charge in [0.2, 0.25) is 0 Å². The van der Waals surface area contributed by atoms with Gasteiger partial charge in [-0.05, 0) is 43.5 Å². The van der Waals surface area contributed by atoms with E-state index in [-0.39, 0.29) is 0 Å². The molecule has 186 valence electrons. The first-order valence-electron chi connectivity index (χ1n) is 11.3. The van der Waals surface area contributed by atoms with Gasteiger partial charge in [0, 0.05) is 7.11 Å². The lowest BCUT2D eigenvalue weighted by atomic mass is 10.1. The molecule has 0 amide bonds. The lowest BCUT2D eigenvalue weighted by Crippen LogP contribution is -2.15. The van der Waals surface area contributed by atoms with E-state index in [1.165, 1.54) is 11.1 Å². The molecular weight excluding hydrogens is 416 g/mol. The molecule has 0 unspecified atom stereocenters. The molecule has 0 spiro atoms. The molecule has 1 aromatic rings. The van der Waals surface area contributed by atoms with Crippen molar-refractivity contribution in [2.45, 2.75) is 20.8 Å². The molecule has 0 N–H and O–H groups in total. The Hall–Kier alpha value is -1.26. The standard InChI is InChI=1S/C24H42O8/c1-21-19-23(3)24(20-22(21)2)32-18-17-31-16-15-30-14-13-29-12-11-28-10-9-27-8-7-26-6-5-25-4/h19-20H,5-18H2,1-4H3. The Balaban J connectivity index is 1.76. The third kappa shape index (κ3) is 15.5. The molecule has 0 heterocycles. The Morgan fingerprint density at radius 2 is 0.781 bits per heavy atom. The maximum atomic E-state index is 5.79. The van der Waals surface area contributed by atoms with E-state index in [1.807, 2.05) is 0 Å². The summed E-state index contributed by atoms with van der Waals surface area (Å²) in [7, 11) is 1.65. The second-order valence-corrected chi connectivity index (χ2v) is 7.22. The van der Waals surface area contributed by atoms with Gasteiger partial charge in [0.05, 0.1) is 85.9 Å². The van der Waals surface area contributed by atoms with Crippen LogP contribution in [0.4, 0.5) is 0 Å². The van der Waals surface area contributed by atoms with Crippen LogP contribution in [0.3, 0.4) is 0 Å². The molecule has 0 aliphatic rings. The number of hydrogen-bond donors (Lipinski definition) is 0. The molecule has 8 heteroatoms. The Kier molecular flexibility index (Phi) is 18.3. The second kappa shape index (κ2) is 20.4. The average Bonchev–Trinajstić information content (AvgIpc) is 2.78. The quantitative estimate of drug-likeness (QED) is 0.246. The van der Waals surface area contributed by atoms with Crippen LogP contribution in [0.5, 0.6) is 5.75 Å². The zero-order chi connectivity index (χ0) is 23.3. The minimum atomic E-state index is 0.527. The van der Waals surface area contributed by atoms with Crippen molar-refractivity contribution in [1.29, 1.82) is 0 Å². The van der Waals surface area contributed by atoms with Gasteiger partial charge in [0.1, 0.15) is 12.4 Å². The van der Waals surface area contributed by atoms with E-state index in [9.17, 15) is 0 Å². The maximum Gasteiger partial charge on any atom is 0.122 e. The molecule has 0 saturated heterocycles. The van der Waals surface area contributed by atoms with E-state index in [1.54, 1.807) is 7.11 Å². The summed E-state index contributed by atoms with van der Waals surface area (Å²) in [6.07, 6.45) is 0. The fourth-order valence-corrected chi connectivity index (χ4v) is 2.64. The summed E-state index contributed by atoms with van der Waals surface area (Å²) in [5, 5.41) is 0. The van der Waals surface area contributed by atoms with E-state index in [2.05, 4.69) is 32.9 Å². The fraction of sp³-hybridized carbons (Fsp3) is 0.750. The third-order valence-corrected chi connectivity index (χ3v) is 4.57. The van der Waals surface area contributed by atoms with Crippen LogP contribution in [0.2, 0.25) is 0 Å². The largest absolute Gasteiger partial charge is 0.491 e. The maximum absolute atomic E-state index is 5.79. The molecule has 0 atom stereocenters. The third-order valence-electron chi connectivity index (χ3n) is 4.57. The summed E-state index contributed by atoms with van der Waals surface area (Å²) in [5.41, 5.74) is 3.66. The van der Waals surface area contributed by atoms with Crippen molar-refractivity contribution in [3.8, 4) is 5.75 Å². The van der Waals surface area contributed by atoms with E-state index in [0.29, 0.717) is 92.5 Å². The number of hydrogen-bond acceptors (Lipinski definition) is 8. The predicted molar refractivity (Wildman–Crippen MR) is 123 cm³/mol. The average molecular weight is 459 g/mol. The summed E-state index contributed by atoms with van der Waals surface area (Å²) in [5.74, 6) is 0.921. The first-order valence-corrected chi connectivity index (χ1v) is 11.3. The van der Waals surface area contributed by atoms with Crippen LogP contribution < -0.4 is 4.74 Å². The topological polar surface area (TPSA) is 73.8 Å². The number of methoxy groups -OCH3 is 1. The van der Waals surface area contributed by atoms with Crippen molar-refractivity contribution in [3.63, 3.8) is 0 Å². The molecule has 1 aromatic carbocycles. The van der Waals surface area contributed by atoms with Crippen molar-refractivity contribution in [2.24, 2.45) is 0 Å². The van der Waals surface area contributed by atoms with Gasteiger partial charge in [-0.15, -0.1) is 0 Å². The van der Waals surface area contributed by atoms with E-state index < -0.39 is 0 Å². The number of ether oxygens (including phenoxy) is 8. The summed E-state index contributed by atoms with van der Waals surface area (Å²) < 4.78 is 43.3. The Morgan fingerprint density at radius 1 is 0.438 bits per heavy atom. The smallest absolute Gasteiger partial charge is 0.122 e. The summed E-state index contributed by atoms with van der Waals surface area (Å²) in [4.78, 5) is 0. The number of aryl methyl sites for hydroxylation is 3. The highest BCUT2D eigenvalue weighted by Gasteiger charge is 2.03. The molecule has 0 radical (unpaired) electrons. The lowest BCUT2D eigenvalue weighted by molar-refractivity contribution is -0.0199. The van der Waals surface area contributed by atoms with Gasteiger partial charge >= 0.3 is 0 Å². The monoisotopic (exact) mass is 458 g/mol. The normalized spacial score (nSPS) is 11.2. The van der Waals surface area contributed by atoms with Crippen molar-refractivity contribution in [1.82, 2.24) is 0 Å². The first-order chi connectivity index (χ1) is 15.6. The van der Waals surface area contributed by atoms with Gasteiger partial charge in [0.25, 0.3) is 0 Å². The van der Waals surface area contributed by atoms with Gasteiger partial charge in [-0.1, -0.05) is 6.07 Å². The molecule has 0 aliphatic heterocycles. The highest BCUT2D eigenvalue weighted by atomic mass is 16.6. The van der Waals surface area contributed by atoms with Gasteiger partial charge in [-0.25, -0.2) is 0 Å². The van der Waals surface area contributed by atoms with Crippen LogP contribution in [0.1, 0.15) is 16.7 Å². The minimum Gasteiger partial charge on any atom is -0.491 e. The van der Waals surface area contributed by atoms with E-state index in [4.69, 9.17) is 37.9 Å². The first kappa shape index (κ1) is 28.8. The lowest BCUT2D eigenvalue weighted by Gasteiger charge is -2.12. The van der Waals surface area contributed by atoms with Crippen molar-refractivity contribution < 1.29 is 37.9 Å². The number of benzene rings is 1. The highest BCUT2D eigenvalue weighted by Crippen LogP contribution is 2.22. The molecule has 0 aromatic heterocycles. The second-order valence-electron chi connectivity index (χ2n) is 7.22. The van der Waals surface area contributed by atoms with Crippen molar-refractivity contribution in [3.05, 3.63) is 28.8 Å². The highest BCUT2D eigenvalue weighted by molar-refractivity contribution is 5.40. The molecule has 1 rings (SSSR count). The van der Waals surface area contributed by atoms with Crippen LogP contribution >= 0.6 is 0 Å². The number of rotatable bonds is 22. The van der Waals surface area contributed by atoms with Gasteiger partial charge in [-0.3, -0.25) is 0 Å².